The van der Waals surface area contributed by atoms with Crippen molar-refractivity contribution in [2.45, 2.75) is 19.4 Å². The molecule has 1 saturated heterocycles. The molecule has 0 amide bonds. The van der Waals surface area contributed by atoms with Gasteiger partial charge in [0, 0.05) is 17.5 Å². The summed E-state index contributed by atoms with van der Waals surface area (Å²) in [4.78, 5) is 12.0. The lowest BCUT2D eigenvalue weighted by molar-refractivity contribution is -0.129. The summed E-state index contributed by atoms with van der Waals surface area (Å²) in [7, 11) is 0. The fourth-order valence-electron chi connectivity index (χ4n) is 1.89. The lowest BCUT2D eigenvalue weighted by Gasteiger charge is -2.16. The first-order valence-electron chi connectivity index (χ1n) is 5.70. The summed E-state index contributed by atoms with van der Waals surface area (Å²) in [6, 6.07) is 7.07. The SMILES string of the molecule is CC(Oc1cccc(Cl)c1)C(=O)C1CCOC1. The number of Topliss-reactive ketones (excluding diaryl/α,β-unsaturated/α-hetero) is 1. The molecular weight excluding hydrogens is 240 g/mol. The highest BCUT2D eigenvalue weighted by Gasteiger charge is 2.28. The van der Waals surface area contributed by atoms with Crippen molar-refractivity contribution in [1.82, 2.24) is 0 Å². The number of benzene rings is 1. The van der Waals surface area contributed by atoms with Gasteiger partial charge >= 0.3 is 0 Å². The lowest BCUT2D eigenvalue weighted by Crippen LogP contribution is -2.30. The Labute approximate surface area is 106 Å². The third-order valence-electron chi connectivity index (χ3n) is 2.84. The standard InChI is InChI=1S/C13H15ClO3/c1-9(13(15)10-5-6-16-8-10)17-12-4-2-3-11(14)7-12/h2-4,7,9-10H,5-6,8H2,1H3. The van der Waals surface area contributed by atoms with Gasteiger partial charge < -0.3 is 9.47 Å². The minimum atomic E-state index is -0.458. The van der Waals surface area contributed by atoms with Crippen LogP contribution in [-0.4, -0.2) is 25.1 Å². The first kappa shape index (κ1) is 12.4. The highest BCUT2D eigenvalue weighted by Crippen LogP contribution is 2.21. The maximum atomic E-state index is 12.0. The van der Waals surface area contributed by atoms with Gasteiger partial charge in [-0.2, -0.15) is 0 Å². The van der Waals surface area contributed by atoms with Crippen LogP contribution in [0.25, 0.3) is 0 Å². The Morgan fingerprint density at radius 1 is 1.59 bits per heavy atom. The van der Waals surface area contributed by atoms with Crippen molar-refractivity contribution in [1.29, 1.82) is 0 Å². The van der Waals surface area contributed by atoms with Gasteiger partial charge in [0.2, 0.25) is 0 Å². The van der Waals surface area contributed by atoms with E-state index in [0.717, 1.165) is 6.42 Å². The van der Waals surface area contributed by atoms with Crippen LogP contribution >= 0.6 is 11.6 Å². The zero-order valence-corrected chi connectivity index (χ0v) is 10.4. The average Bonchev–Trinajstić information content (AvgIpc) is 2.81. The molecule has 1 fully saturated rings. The molecule has 1 heterocycles. The van der Waals surface area contributed by atoms with Gasteiger partial charge in [-0.25, -0.2) is 0 Å². The number of carbonyl (C=O) groups excluding carboxylic acids is 1. The van der Waals surface area contributed by atoms with Gasteiger partial charge in [0.1, 0.15) is 5.75 Å². The molecule has 0 saturated carbocycles. The molecule has 2 rings (SSSR count). The van der Waals surface area contributed by atoms with Crippen molar-refractivity contribution in [3.8, 4) is 5.75 Å². The van der Waals surface area contributed by atoms with E-state index >= 15 is 0 Å². The van der Waals surface area contributed by atoms with Crippen molar-refractivity contribution < 1.29 is 14.3 Å². The quantitative estimate of drug-likeness (QED) is 0.829. The van der Waals surface area contributed by atoms with Crippen LogP contribution in [-0.2, 0) is 9.53 Å². The van der Waals surface area contributed by atoms with Gasteiger partial charge in [-0.05, 0) is 31.5 Å². The Morgan fingerprint density at radius 3 is 3.06 bits per heavy atom. The second-order valence-electron chi connectivity index (χ2n) is 4.18. The van der Waals surface area contributed by atoms with Gasteiger partial charge in [0.15, 0.2) is 11.9 Å². The van der Waals surface area contributed by atoms with E-state index in [2.05, 4.69) is 0 Å². The van der Waals surface area contributed by atoms with E-state index in [1.807, 2.05) is 0 Å². The van der Waals surface area contributed by atoms with Crippen molar-refractivity contribution in [3.63, 3.8) is 0 Å². The van der Waals surface area contributed by atoms with Crippen molar-refractivity contribution >= 4 is 17.4 Å². The van der Waals surface area contributed by atoms with E-state index in [9.17, 15) is 4.79 Å². The molecule has 0 aliphatic carbocycles. The third kappa shape index (κ3) is 3.20. The molecule has 0 spiro atoms. The zero-order chi connectivity index (χ0) is 12.3. The van der Waals surface area contributed by atoms with Crippen molar-refractivity contribution in [3.05, 3.63) is 29.3 Å². The van der Waals surface area contributed by atoms with E-state index in [1.54, 1.807) is 31.2 Å². The zero-order valence-electron chi connectivity index (χ0n) is 9.69. The fourth-order valence-corrected chi connectivity index (χ4v) is 2.07. The number of ketones is 1. The Hall–Kier alpha value is -1.06. The highest BCUT2D eigenvalue weighted by molar-refractivity contribution is 6.30. The number of hydrogen-bond acceptors (Lipinski definition) is 3. The second kappa shape index (κ2) is 5.52. The maximum absolute atomic E-state index is 12.0. The smallest absolute Gasteiger partial charge is 0.178 e. The van der Waals surface area contributed by atoms with Crippen LogP contribution in [0.2, 0.25) is 5.02 Å². The van der Waals surface area contributed by atoms with Gasteiger partial charge in [0.05, 0.1) is 6.61 Å². The fraction of sp³-hybridized carbons (Fsp3) is 0.462. The summed E-state index contributed by atoms with van der Waals surface area (Å²) >= 11 is 5.85. The van der Waals surface area contributed by atoms with Gasteiger partial charge in [-0.3, -0.25) is 4.79 Å². The predicted molar refractivity (Wildman–Crippen MR) is 65.5 cm³/mol. The topological polar surface area (TPSA) is 35.5 Å². The minimum Gasteiger partial charge on any atom is -0.483 e. The van der Waals surface area contributed by atoms with Crippen LogP contribution in [0.1, 0.15) is 13.3 Å². The van der Waals surface area contributed by atoms with Crippen LogP contribution in [0.5, 0.6) is 5.75 Å². The number of hydrogen-bond donors (Lipinski definition) is 0. The molecule has 3 nitrogen and oxygen atoms in total. The summed E-state index contributed by atoms with van der Waals surface area (Å²) in [6.07, 6.45) is 0.336. The highest BCUT2D eigenvalue weighted by atomic mass is 35.5. The molecule has 0 aromatic heterocycles. The molecule has 1 aromatic rings. The molecule has 0 bridgehead atoms. The summed E-state index contributed by atoms with van der Waals surface area (Å²) < 4.78 is 10.8. The van der Waals surface area contributed by atoms with E-state index in [1.165, 1.54) is 0 Å². The van der Waals surface area contributed by atoms with E-state index in [-0.39, 0.29) is 11.7 Å². The first-order chi connectivity index (χ1) is 8.16. The second-order valence-corrected chi connectivity index (χ2v) is 4.62. The number of rotatable bonds is 4. The van der Waals surface area contributed by atoms with Crippen LogP contribution in [0.15, 0.2) is 24.3 Å². The Balaban J connectivity index is 1.96. The van der Waals surface area contributed by atoms with Gasteiger partial charge in [0.25, 0.3) is 0 Å². The molecule has 2 atom stereocenters. The summed E-state index contributed by atoms with van der Waals surface area (Å²) in [6.45, 7) is 2.95. The maximum Gasteiger partial charge on any atom is 0.178 e. The average molecular weight is 255 g/mol. The van der Waals surface area contributed by atoms with Gasteiger partial charge in [-0.1, -0.05) is 17.7 Å². The van der Waals surface area contributed by atoms with Gasteiger partial charge in [-0.15, -0.1) is 0 Å². The first-order valence-corrected chi connectivity index (χ1v) is 6.08. The summed E-state index contributed by atoms with van der Waals surface area (Å²) in [5.74, 6) is 0.698. The summed E-state index contributed by atoms with van der Waals surface area (Å²) in [5, 5.41) is 0.603. The van der Waals surface area contributed by atoms with Crippen molar-refractivity contribution in [2.75, 3.05) is 13.2 Å². The van der Waals surface area contributed by atoms with Crippen LogP contribution in [0.4, 0.5) is 0 Å². The monoisotopic (exact) mass is 254 g/mol. The number of halogens is 1. The van der Waals surface area contributed by atoms with E-state index < -0.39 is 6.10 Å². The molecule has 4 heteroatoms. The number of ether oxygens (including phenoxy) is 2. The Morgan fingerprint density at radius 2 is 2.41 bits per heavy atom. The molecule has 2 unspecified atom stereocenters. The summed E-state index contributed by atoms with van der Waals surface area (Å²) in [5.41, 5.74) is 0. The molecule has 0 radical (unpaired) electrons. The van der Waals surface area contributed by atoms with E-state index in [4.69, 9.17) is 21.1 Å². The molecule has 1 aliphatic heterocycles. The minimum absolute atomic E-state index is 0.0239. The third-order valence-corrected chi connectivity index (χ3v) is 3.08. The molecule has 1 aliphatic rings. The predicted octanol–water partition coefficient (Wildman–Crippen LogP) is 2.71. The largest absolute Gasteiger partial charge is 0.483 e. The van der Waals surface area contributed by atoms with Crippen molar-refractivity contribution in [2.24, 2.45) is 5.92 Å². The lowest BCUT2D eigenvalue weighted by atomic mass is 10.00. The Kier molecular flexibility index (Phi) is 4.02. The molecule has 1 aromatic carbocycles. The molecular formula is C13H15ClO3. The van der Waals surface area contributed by atoms with Crippen LogP contribution in [0.3, 0.4) is 0 Å². The molecule has 17 heavy (non-hydrogen) atoms. The number of carbonyl (C=O) groups is 1. The van der Waals surface area contributed by atoms with Crippen LogP contribution in [0, 0.1) is 5.92 Å². The van der Waals surface area contributed by atoms with E-state index in [0.29, 0.717) is 24.0 Å². The Bertz CT molecular complexity index is 399. The molecule has 92 valence electrons. The molecule has 0 N–H and O–H groups in total. The normalized spacial score (nSPS) is 21.2. The van der Waals surface area contributed by atoms with Crippen LogP contribution < -0.4 is 4.74 Å².